The normalized spacial score (nSPS) is 15.3. The second kappa shape index (κ2) is 10.8. The van der Waals surface area contributed by atoms with Crippen LogP contribution in [0.1, 0.15) is 24.2 Å². The molecule has 186 valence electrons. The lowest BCUT2D eigenvalue weighted by molar-refractivity contribution is 0.0730. The number of methoxy groups -OCH3 is 1. The van der Waals surface area contributed by atoms with Crippen LogP contribution >= 0.6 is 0 Å². The summed E-state index contributed by atoms with van der Waals surface area (Å²) in [6.07, 6.45) is 0. The number of ether oxygens (including phenoxy) is 2. The molecule has 10 nitrogen and oxygen atoms in total. The van der Waals surface area contributed by atoms with E-state index in [1.807, 2.05) is 0 Å². The van der Waals surface area contributed by atoms with E-state index < -0.39 is 26.0 Å². The highest BCUT2D eigenvalue weighted by Crippen LogP contribution is 2.27. The fourth-order valence-corrected chi connectivity index (χ4v) is 6.55. The molecule has 0 spiro atoms. The van der Waals surface area contributed by atoms with E-state index in [-0.39, 0.29) is 39.9 Å². The van der Waals surface area contributed by atoms with Crippen molar-refractivity contribution >= 4 is 31.6 Å². The van der Waals surface area contributed by atoms with Gasteiger partial charge < -0.3 is 14.8 Å². The molecule has 34 heavy (non-hydrogen) atoms. The average molecular weight is 512 g/mol. The van der Waals surface area contributed by atoms with Crippen molar-refractivity contribution in [2.45, 2.75) is 23.6 Å². The minimum Gasteiger partial charge on any atom is -0.496 e. The maximum atomic E-state index is 13.1. The van der Waals surface area contributed by atoms with Crippen molar-refractivity contribution in [2.24, 2.45) is 0 Å². The molecule has 0 unspecified atom stereocenters. The Morgan fingerprint density at radius 2 is 1.71 bits per heavy atom. The molecular formula is C22H29N3O7S2. The van der Waals surface area contributed by atoms with Crippen molar-refractivity contribution in [3.63, 3.8) is 0 Å². The van der Waals surface area contributed by atoms with Crippen LogP contribution in [0.4, 0.5) is 5.69 Å². The molecule has 1 fully saturated rings. The molecule has 1 aliphatic heterocycles. The minimum absolute atomic E-state index is 0.00818. The molecular weight excluding hydrogens is 482 g/mol. The Hall–Kier alpha value is -2.51. The number of amides is 1. The molecule has 0 bridgehead atoms. The van der Waals surface area contributed by atoms with Crippen LogP contribution in [0.25, 0.3) is 0 Å². The van der Waals surface area contributed by atoms with E-state index in [2.05, 4.69) is 5.32 Å². The number of nitrogens with one attached hydrogen (secondary N) is 1. The molecule has 2 aromatic carbocycles. The molecule has 1 saturated heterocycles. The van der Waals surface area contributed by atoms with E-state index in [1.165, 1.54) is 52.1 Å². The summed E-state index contributed by atoms with van der Waals surface area (Å²) in [4.78, 5) is 13.1. The zero-order chi connectivity index (χ0) is 24.9. The van der Waals surface area contributed by atoms with Gasteiger partial charge in [0.05, 0.1) is 35.7 Å². The van der Waals surface area contributed by atoms with E-state index in [4.69, 9.17) is 9.47 Å². The fraction of sp³-hybridized carbons (Fsp3) is 0.409. The van der Waals surface area contributed by atoms with Crippen LogP contribution in [0.5, 0.6) is 5.75 Å². The lowest BCUT2D eigenvalue weighted by Crippen LogP contribution is -2.40. The Kier molecular flexibility index (Phi) is 8.31. The Bertz CT molecular complexity index is 1240. The van der Waals surface area contributed by atoms with Gasteiger partial charge in [0.1, 0.15) is 5.75 Å². The lowest BCUT2D eigenvalue weighted by Gasteiger charge is -2.26. The van der Waals surface area contributed by atoms with E-state index in [1.54, 1.807) is 19.9 Å². The van der Waals surface area contributed by atoms with Gasteiger partial charge in [-0.05, 0) is 36.4 Å². The van der Waals surface area contributed by atoms with Gasteiger partial charge in [0.15, 0.2) is 0 Å². The van der Waals surface area contributed by atoms with Crippen LogP contribution < -0.4 is 10.1 Å². The zero-order valence-corrected chi connectivity index (χ0v) is 21.0. The van der Waals surface area contributed by atoms with Crippen molar-refractivity contribution < 1.29 is 31.1 Å². The number of nitrogens with zero attached hydrogens (tertiary/aromatic N) is 2. The van der Waals surface area contributed by atoms with E-state index in [0.29, 0.717) is 26.3 Å². The van der Waals surface area contributed by atoms with Gasteiger partial charge in [-0.3, -0.25) is 4.79 Å². The quantitative estimate of drug-likeness (QED) is 0.546. The van der Waals surface area contributed by atoms with Gasteiger partial charge in [-0.15, -0.1) is 0 Å². The number of carbonyl (C=O) groups excluding carboxylic acids is 1. The minimum atomic E-state index is -3.82. The molecule has 1 amide bonds. The van der Waals surface area contributed by atoms with Gasteiger partial charge in [-0.2, -0.15) is 8.61 Å². The van der Waals surface area contributed by atoms with E-state index in [9.17, 15) is 21.6 Å². The highest BCUT2D eigenvalue weighted by atomic mass is 32.2. The first-order valence-corrected chi connectivity index (χ1v) is 13.7. The molecule has 1 aliphatic rings. The first-order valence-electron chi connectivity index (χ1n) is 10.8. The van der Waals surface area contributed by atoms with Gasteiger partial charge in [0.2, 0.25) is 20.0 Å². The number of rotatable bonds is 9. The van der Waals surface area contributed by atoms with Crippen LogP contribution in [0.3, 0.4) is 0 Å². The smallest absolute Gasteiger partial charge is 0.259 e. The molecule has 0 saturated carbocycles. The molecule has 1 heterocycles. The SMILES string of the molecule is CCN(CC)S(=O)(=O)c1cccc(NC(=O)c2cc(S(=O)(=O)N3CCOCC3)ccc2OC)c1. The highest BCUT2D eigenvalue weighted by molar-refractivity contribution is 7.89. The van der Waals surface area contributed by atoms with Gasteiger partial charge in [-0.25, -0.2) is 16.8 Å². The van der Waals surface area contributed by atoms with Crippen LogP contribution in [0, 0.1) is 0 Å². The highest BCUT2D eigenvalue weighted by Gasteiger charge is 2.28. The Morgan fingerprint density at radius 1 is 1.03 bits per heavy atom. The molecule has 12 heteroatoms. The number of anilines is 1. The Labute approximate surface area is 200 Å². The van der Waals surface area contributed by atoms with Crippen molar-refractivity contribution in [2.75, 3.05) is 51.8 Å². The summed E-state index contributed by atoms with van der Waals surface area (Å²) >= 11 is 0. The maximum absolute atomic E-state index is 13.1. The van der Waals surface area contributed by atoms with Crippen LogP contribution in [-0.4, -0.2) is 77.9 Å². The fourth-order valence-electron chi connectivity index (χ4n) is 3.61. The van der Waals surface area contributed by atoms with Crippen LogP contribution in [0.15, 0.2) is 52.3 Å². The van der Waals surface area contributed by atoms with Gasteiger partial charge >= 0.3 is 0 Å². The maximum Gasteiger partial charge on any atom is 0.259 e. The number of hydrogen-bond acceptors (Lipinski definition) is 7. The lowest BCUT2D eigenvalue weighted by atomic mass is 10.2. The van der Waals surface area contributed by atoms with Crippen molar-refractivity contribution in [1.29, 1.82) is 0 Å². The Morgan fingerprint density at radius 3 is 2.32 bits per heavy atom. The molecule has 0 aromatic heterocycles. The van der Waals surface area contributed by atoms with E-state index in [0.717, 1.165) is 0 Å². The summed E-state index contributed by atoms with van der Waals surface area (Å²) < 4.78 is 64.8. The zero-order valence-electron chi connectivity index (χ0n) is 19.4. The third-order valence-electron chi connectivity index (χ3n) is 5.46. The first kappa shape index (κ1) is 26.1. The summed E-state index contributed by atoms with van der Waals surface area (Å²) in [5, 5.41) is 2.65. The third kappa shape index (κ3) is 5.41. The van der Waals surface area contributed by atoms with E-state index >= 15 is 0 Å². The second-order valence-electron chi connectivity index (χ2n) is 7.45. The van der Waals surface area contributed by atoms with Crippen molar-refractivity contribution in [1.82, 2.24) is 8.61 Å². The summed E-state index contributed by atoms with van der Waals surface area (Å²) in [6.45, 7) is 5.18. The van der Waals surface area contributed by atoms with Crippen LogP contribution in [0.2, 0.25) is 0 Å². The summed E-state index contributed by atoms with van der Waals surface area (Å²) in [7, 11) is -6.16. The van der Waals surface area contributed by atoms with Crippen molar-refractivity contribution in [3.8, 4) is 5.75 Å². The number of morpholine rings is 1. The Balaban J connectivity index is 1.91. The first-order chi connectivity index (χ1) is 16.1. The predicted octanol–water partition coefficient (Wildman–Crippen LogP) is 2.00. The summed E-state index contributed by atoms with van der Waals surface area (Å²) in [5.74, 6) is -0.446. The summed E-state index contributed by atoms with van der Waals surface area (Å²) in [5.41, 5.74) is 0.260. The van der Waals surface area contributed by atoms with Gasteiger partial charge in [0, 0.05) is 31.9 Å². The second-order valence-corrected chi connectivity index (χ2v) is 11.3. The monoisotopic (exact) mass is 511 g/mol. The number of sulfonamides is 2. The number of carbonyl (C=O) groups is 1. The predicted molar refractivity (Wildman–Crippen MR) is 127 cm³/mol. The molecule has 1 N–H and O–H groups in total. The standard InChI is InChI=1S/C22H29N3O7S2/c1-4-24(5-2)33(27,28)18-8-6-7-17(15-18)23-22(26)20-16-19(9-10-21(20)31-3)34(29,30)25-11-13-32-14-12-25/h6-10,15-16H,4-5,11-14H2,1-3H3,(H,23,26). The van der Waals surface area contributed by atoms with Crippen molar-refractivity contribution in [3.05, 3.63) is 48.0 Å². The molecule has 3 rings (SSSR count). The number of hydrogen-bond donors (Lipinski definition) is 1. The van der Waals surface area contributed by atoms with Gasteiger partial charge in [0.25, 0.3) is 5.91 Å². The topological polar surface area (TPSA) is 122 Å². The van der Waals surface area contributed by atoms with Gasteiger partial charge in [-0.1, -0.05) is 19.9 Å². The number of benzene rings is 2. The largest absolute Gasteiger partial charge is 0.496 e. The average Bonchev–Trinajstić information content (AvgIpc) is 2.84. The molecule has 0 atom stereocenters. The third-order valence-corrected chi connectivity index (χ3v) is 9.40. The summed E-state index contributed by atoms with van der Waals surface area (Å²) in [6, 6.07) is 9.98. The molecule has 0 aliphatic carbocycles. The molecule has 0 radical (unpaired) electrons. The molecule has 2 aromatic rings. The van der Waals surface area contributed by atoms with Crippen LogP contribution in [-0.2, 0) is 24.8 Å².